The summed E-state index contributed by atoms with van der Waals surface area (Å²) >= 11 is 4.76. The zero-order valence-corrected chi connectivity index (χ0v) is 26.2. The number of aromatic nitrogens is 1. The van der Waals surface area contributed by atoms with Gasteiger partial charge in [-0.3, -0.25) is 9.36 Å². The van der Waals surface area contributed by atoms with Crippen LogP contribution < -0.4 is 24.4 Å². The summed E-state index contributed by atoms with van der Waals surface area (Å²) in [6.45, 7) is 6.31. The van der Waals surface area contributed by atoms with Gasteiger partial charge >= 0.3 is 5.97 Å². The highest BCUT2D eigenvalue weighted by molar-refractivity contribution is 9.10. The van der Waals surface area contributed by atoms with Crippen molar-refractivity contribution in [2.24, 2.45) is 4.99 Å². The normalized spacial score (nSPS) is 14.5. The summed E-state index contributed by atoms with van der Waals surface area (Å²) in [6, 6.07) is 21.6. The van der Waals surface area contributed by atoms with E-state index in [4.69, 9.17) is 14.2 Å². The number of hydrogen-bond acceptors (Lipinski definition) is 8. The van der Waals surface area contributed by atoms with E-state index in [1.54, 1.807) is 30.6 Å². The summed E-state index contributed by atoms with van der Waals surface area (Å²) < 4.78 is 19.9. The van der Waals surface area contributed by atoms with Gasteiger partial charge in [-0.15, -0.1) is 0 Å². The summed E-state index contributed by atoms with van der Waals surface area (Å²) in [5, 5.41) is 9.45. The second kappa shape index (κ2) is 13.2. The molecule has 0 amide bonds. The van der Waals surface area contributed by atoms with Gasteiger partial charge in [0, 0.05) is 15.6 Å². The fourth-order valence-corrected chi connectivity index (χ4v) is 6.25. The van der Waals surface area contributed by atoms with Crippen molar-refractivity contribution in [2.45, 2.75) is 33.4 Å². The first-order valence-electron chi connectivity index (χ1n) is 13.7. The zero-order valence-electron chi connectivity index (χ0n) is 23.8. The summed E-state index contributed by atoms with van der Waals surface area (Å²) in [4.78, 5) is 32.4. The molecule has 0 fully saturated rings. The minimum Gasteiger partial charge on any atom is -0.494 e. The number of nitriles is 1. The molecule has 0 aliphatic carbocycles. The Labute approximate surface area is 260 Å². The Morgan fingerprint density at radius 3 is 2.58 bits per heavy atom. The maximum absolute atomic E-state index is 14.1. The van der Waals surface area contributed by atoms with Crippen molar-refractivity contribution in [1.82, 2.24) is 4.57 Å². The Hall–Kier alpha value is -4.46. The van der Waals surface area contributed by atoms with E-state index in [0.717, 1.165) is 15.6 Å². The van der Waals surface area contributed by atoms with Crippen LogP contribution >= 0.6 is 27.3 Å². The Morgan fingerprint density at radius 1 is 1.09 bits per heavy atom. The minimum atomic E-state index is -0.728. The van der Waals surface area contributed by atoms with Crippen molar-refractivity contribution in [3.8, 4) is 17.6 Å². The number of allylic oxidation sites excluding steroid dienone is 1. The third kappa shape index (κ3) is 6.33. The largest absolute Gasteiger partial charge is 0.494 e. The molecule has 1 aliphatic rings. The molecule has 1 aliphatic heterocycles. The fourth-order valence-electron chi connectivity index (χ4n) is 4.84. The molecule has 4 aromatic rings. The van der Waals surface area contributed by atoms with Gasteiger partial charge in [0.05, 0.1) is 46.7 Å². The average Bonchev–Trinajstić information content (AvgIpc) is 3.30. The van der Waals surface area contributed by atoms with Crippen molar-refractivity contribution < 1.29 is 19.0 Å². The second-order valence-electron chi connectivity index (χ2n) is 9.54. The number of benzene rings is 3. The van der Waals surface area contributed by atoms with E-state index in [1.807, 2.05) is 67.6 Å². The molecular formula is C33H28BrN3O5S. The lowest BCUT2D eigenvalue weighted by Crippen LogP contribution is -2.39. The van der Waals surface area contributed by atoms with Gasteiger partial charge in [-0.25, -0.2) is 9.79 Å². The first kappa shape index (κ1) is 30.0. The molecule has 43 heavy (non-hydrogen) atoms. The van der Waals surface area contributed by atoms with Crippen LogP contribution in [0.2, 0.25) is 0 Å². The smallest absolute Gasteiger partial charge is 0.338 e. The number of halogens is 1. The van der Waals surface area contributed by atoms with E-state index in [9.17, 15) is 14.9 Å². The molecule has 0 spiro atoms. The van der Waals surface area contributed by atoms with Crippen LogP contribution in [-0.4, -0.2) is 23.8 Å². The van der Waals surface area contributed by atoms with E-state index in [2.05, 4.69) is 27.0 Å². The molecule has 0 saturated heterocycles. The van der Waals surface area contributed by atoms with Gasteiger partial charge in [-0.1, -0.05) is 57.6 Å². The number of thiazole rings is 1. The second-order valence-corrected chi connectivity index (χ2v) is 11.5. The summed E-state index contributed by atoms with van der Waals surface area (Å²) in [5.74, 6) is 0.724. The molecule has 1 atom stereocenters. The molecule has 0 saturated carbocycles. The molecule has 0 bridgehead atoms. The van der Waals surface area contributed by atoms with Gasteiger partial charge in [-0.05, 0) is 68.8 Å². The molecule has 5 rings (SSSR count). The van der Waals surface area contributed by atoms with Crippen LogP contribution in [0.3, 0.4) is 0 Å². The van der Waals surface area contributed by atoms with E-state index < -0.39 is 12.0 Å². The van der Waals surface area contributed by atoms with Gasteiger partial charge in [0.15, 0.2) is 4.80 Å². The highest BCUT2D eigenvalue weighted by atomic mass is 79.9. The number of fused-ring (bicyclic) bond motifs is 1. The molecule has 10 heteroatoms. The zero-order chi connectivity index (χ0) is 30.5. The van der Waals surface area contributed by atoms with Crippen LogP contribution in [0, 0.1) is 11.3 Å². The predicted molar refractivity (Wildman–Crippen MR) is 168 cm³/mol. The number of carbonyl (C=O) groups is 1. The lowest BCUT2D eigenvalue weighted by molar-refractivity contribution is -0.139. The van der Waals surface area contributed by atoms with Crippen molar-refractivity contribution >= 4 is 39.3 Å². The van der Waals surface area contributed by atoms with Gasteiger partial charge < -0.3 is 14.2 Å². The van der Waals surface area contributed by atoms with Crippen molar-refractivity contribution in [2.75, 3.05) is 13.2 Å². The lowest BCUT2D eigenvalue weighted by Gasteiger charge is -2.24. The molecule has 2 heterocycles. The average molecular weight is 659 g/mol. The molecular weight excluding hydrogens is 630 g/mol. The van der Waals surface area contributed by atoms with Gasteiger partial charge in [0.1, 0.15) is 18.1 Å². The number of esters is 1. The van der Waals surface area contributed by atoms with E-state index in [-0.39, 0.29) is 18.8 Å². The monoisotopic (exact) mass is 657 g/mol. The molecule has 0 N–H and O–H groups in total. The van der Waals surface area contributed by atoms with Gasteiger partial charge in [0.2, 0.25) is 0 Å². The fraction of sp³-hybridized carbons (Fsp3) is 0.212. The van der Waals surface area contributed by atoms with E-state index in [0.29, 0.717) is 49.8 Å². The third-order valence-corrected chi connectivity index (χ3v) is 8.28. The molecule has 3 aromatic carbocycles. The topological polar surface area (TPSA) is 103 Å². The quantitative estimate of drug-likeness (QED) is 0.223. The predicted octanol–water partition coefficient (Wildman–Crippen LogP) is 5.41. The van der Waals surface area contributed by atoms with Crippen molar-refractivity contribution in [1.29, 1.82) is 5.26 Å². The Morgan fingerprint density at radius 2 is 1.86 bits per heavy atom. The lowest BCUT2D eigenvalue weighted by atomic mass is 9.96. The molecule has 1 aromatic heterocycles. The van der Waals surface area contributed by atoms with Crippen LogP contribution in [-0.2, 0) is 16.1 Å². The molecule has 218 valence electrons. The summed E-state index contributed by atoms with van der Waals surface area (Å²) in [7, 11) is 0. The maximum Gasteiger partial charge on any atom is 0.338 e. The van der Waals surface area contributed by atoms with Crippen LogP contribution in [0.1, 0.15) is 49.1 Å². The van der Waals surface area contributed by atoms with Crippen LogP contribution in [0.25, 0.3) is 6.08 Å². The maximum atomic E-state index is 14.1. The summed E-state index contributed by atoms with van der Waals surface area (Å²) in [5.41, 5.74) is 3.22. The molecule has 0 radical (unpaired) electrons. The molecule has 0 unspecified atom stereocenters. The standard InChI is InChI=1S/C33H28BrN3O5S/c1-4-40-26-13-10-21(11-14-26)30-29(32(39)41-5-2)20(3)36-33-37(30)31(38)28(43-33)17-24-16-25(34)12-15-27(24)42-19-23-9-7-6-8-22(23)18-35/h6-17,30H,4-5,19H2,1-3H3/b28-17-/t30-/m1/s1. The number of nitrogens with zero attached hydrogens (tertiary/aromatic N) is 3. The van der Waals surface area contributed by atoms with Crippen LogP contribution in [0.15, 0.2) is 92.3 Å². The highest BCUT2D eigenvalue weighted by Gasteiger charge is 2.33. The SMILES string of the molecule is CCOC(=O)C1=C(C)N=c2s/c(=C\c3cc(Br)ccc3OCc3ccccc3C#N)c(=O)n2[C@@H]1c1ccc(OCC)cc1. The number of hydrogen-bond donors (Lipinski definition) is 0. The first-order chi connectivity index (χ1) is 20.8. The third-order valence-electron chi connectivity index (χ3n) is 6.80. The van der Waals surface area contributed by atoms with Gasteiger partial charge in [0.25, 0.3) is 5.56 Å². The van der Waals surface area contributed by atoms with Crippen molar-refractivity contribution in [3.63, 3.8) is 0 Å². The van der Waals surface area contributed by atoms with Gasteiger partial charge in [-0.2, -0.15) is 5.26 Å². The van der Waals surface area contributed by atoms with Crippen LogP contribution in [0.5, 0.6) is 11.5 Å². The number of carbonyl (C=O) groups excluding carboxylic acids is 1. The number of ether oxygens (including phenoxy) is 3. The Balaban J connectivity index is 1.61. The Bertz CT molecular complexity index is 1940. The molecule has 8 nitrogen and oxygen atoms in total. The Kier molecular flexibility index (Phi) is 9.24. The highest BCUT2D eigenvalue weighted by Crippen LogP contribution is 2.32. The first-order valence-corrected chi connectivity index (χ1v) is 15.3. The summed E-state index contributed by atoms with van der Waals surface area (Å²) in [6.07, 6.45) is 1.76. The van der Waals surface area contributed by atoms with E-state index in [1.165, 1.54) is 11.3 Å². The van der Waals surface area contributed by atoms with Crippen molar-refractivity contribution in [3.05, 3.63) is 124 Å². The van der Waals surface area contributed by atoms with Crippen LogP contribution in [0.4, 0.5) is 0 Å². The minimum absolute atomic E-state index is 0.188. The number of rotatable bonds is 9. The van der Waals surface area contributed by atoms with E-state index >= 15 is 0 Å².